The van der Waals surface area contributed by atoms with Gasteiger partial charge in [-0.1, -0.05) is 274 Å². The van der Waals surface area contributed by atoms with Crippen LogP contribution < -0.4 is 0 Å². The number of unbranched alkanes of at least 4 members (excludes halogenated alkanes) is 39. The van der Waals surface area contributed by atoms with Crippen LogP contribution >= 0.6 is 0 Å². The molecule has 0 aromatic rings. The summed E-state index contributed by atoms with van der Waals surface area (Å²) in [4.78, 5) is 38.3. The van der Waals surface area contributed by atoms with Crippen molar-refractivity contribution in [2.24, 2.45) is 0 Å². The van der Waals surface area contributed by atoms with Gasteiger partial charge in [0.05, 0.1) is 0 Å². The van der Waals surface area contributed by atoms with Crippen LogP contribution in [0.5, 0.6) is 0 Å². The lowest BCUT2D eigenvalue weighted by Gasteiger charge is -2.18. The Hall–Kier alpha value is -2.89. The van der Waals surface area contributed by atoms with E-state index in [1.807, 2.05) is 0 Å². The second kappa shape index (κ2) is 63.6. The van der Waals surface area contributed by atoms with E-state index in [1.54, 1.807) is 0 Å². The Labute approximate surface area is 466 Å². The van der Waals surface area contributed by atoms with Crippen LogP contribution in [0.2, 0.25) is 0 Å². The average Bonchev–Trinajstić information content (AvgIpc) is 3.41. The van der Waals surface area contributed by atoms with E-state index in [2.05, 4.69) is 81.5 Å². The molecule has 1 atom stereocenters. The van der Waals surface area contributed by atoms with Gasteiger partial charge in [0.1, 0.15) is 13.2 Å². The van der Waals surface area contributed by atoms with Crippen LogP contribution in [0.4, 0.5) is 0 Å². The fourth-order valence-electron chi connectivity index (χ4n) is 9.50. The standard InChI is InChI=1S/C69H124O6/c1-4-7-10-13-16-19-22-25-28-29-30-31-32-33-34-35-36-37-38-39-42-44-47-50-53-56-59-62-68(71)74-65-66(75-69(72)63-60-57-54-51-48-45-41-27-24-21-18-15-12-9-6-3)64-73-67(70)61-58-55-52-49-46-43-40-26-23-20-17-14-11-8-5-2/h18,21-22,25-27,29-30,40-41,66H,4-17,19-20,23-24,28,31-39,42-65H2,1-3H3/b21-18-,25-22-,30-29-,40-26-,41-27-. The third-order valence-corrected chi connectivity index (χ3v) is 14.5. The van der Waals surface area contributed by atoms with Crippen LogP contribution in [-0.2, 0) is 28.6 Å². The van der Waals surface area contributed by atoms with Crippen molar-refractivity contribution in [3.63, 3.8) is 0 Å². The summed E-state index contributed by atoms with van der Waals surface area (Å²) in [6, 6.07) is 0. The van der Waals surface area contributed by atoms with Gasteiger partial charge in [0, 0.05) is 19.3 Å². The molecule has 6 heteroatoms. The van der Waals surface area contributed by atoms with Gasteiger partial charge in [-0.3, -0.25) is 14.4 Å². The lowest BCUT2D eigenvalue weighted by atomic mass is 10.0. The molecule has 6 nitrogen and oxygen atoms in total. The third kappa shape index (κ3) is 61.8. The number of esters is 3. The Morgan fingerprint density at radius 3 is 0.773 bits per heavy atom. The molecule has 0 spiro atoms. The predicted octanol–water partition coefficient (Wildman–Crippen LogP) is 22.3. The topological polar surface area (TPSA) is 78.9 Å². The van der Waals surface area contributed by atoms with Crippen LogP contribution in [0, 0.1) is 0 Å². The first kappa shape index (κ1) is 72.1. The van der Waals surface area contributed by atoms with Crippen molar-refractivity contribution >= 4 is 17.9 Å². The normalized spacial score (nSPS) is 12.4. The van der Waals surface area contributed by atoms with E-state index in [9.17, 15) is 14.4 Å². The van der Waals surface area contributed by atoms with Crippen LogP contribution in [0.15, 0.2) is 60.8 Å². The predicted molar refractivity (Wildman–Crippen MR) is 325 cm³/mol. The number of hydrogen-bond acceptors (Lipinski definition) is 6. The molecule has 0 rings (SSSR count). The molecule has 0 aliphatic rings. The largest absolute Gasteiger partial charge is 0.462 e. The van der Waals surface area contributed by atoms with E-state index in [0.717, 1.165) is 96.3 Å². The minimum absolute atomic E-state index is 0.0803. The summed E-state index contributed by atoms with van der Waals surface area (Å²) < 4.78 is 16.9. The molecular weight excluding hydrogens is 925 g/mol. The SMILES string of the molecule is CCCCC/C=C\C/C=C\CCCCCCCC(=O)OC(COC(=O)CCCCCCC/C=C\CCCCCCCC)COC(=O)CCCCCCCCCCCCCCCCC/C=C\C/C=C\CCCCCCC. The number of rotatable bonds is 60. The van der Waals surface area contributed by atoms with Gasteiger partial charge in [-0.15, -0.1) is 0 Å². The summed E-state index contributed by atoms with van der Waals surface area (Å²) in [7, 11) is 0. The second-order valence-electron chi connectivity index (χ2n) is 22.0. The lowest BCUT2D eigenvalue weighted by molar-refractivity contribution is -0.167. The molecular formula is C69H124O6. The molecule has 0 saturated carbocycles. The van der Waals surface area contributed by atoms with Gasteiger partial charge in [0.25, 0.3) is 0 Å². The number of ether oxygens (including phenoxy) is 3. The molecule has 0 amide bonds. The van der Waals surface area contributed by atoms with Gasteiger partial charge >= 0.3 is 17.9 Å². The zero-order chi connectivity index (χ0) is 54.3. The Morgan fingerprint density at radius 1 is 0.267 bits per heavy atom. The van der Waals surface area contributed by atoms with Crippen LogP contribution in [0.3, 0.4) is 0 Å². The molecule has 0 aliphatic carbocycles. The molecule has 0 fully saturated rings. The van der Waals surface area contributed by atoms with E-state index >= 15 is 0 Å². The van der Waals surface area contributed by atoms with Crippen LogP contribution in [-0.4, -0.2) is 37.2 Å². The van der Waals surface area contributed by atoms with Crippen LogP contribution in [0.1, 0.15) is 342 Å². The van der Waals surface area contributed by atoms with Crippen molar-refractivity contribution in [2.45, 2.75) is 348 Å². The fraction of sp³-hybridized carbons (Fsp3) is 0.812. The van der Waals surface area contributed by atoms with Gasteiger partial charge in [0.15, 0.2) is 6.10 Å². The molecule has 1 unspecified atom stereocenters. The molecule has 0 N–H and O–H groups in total. The molecule has 0 aliphatic heterocycles. The number of allylic oxidation sites excluding steroid dienone is 10. The Kier molecular flexibility index (Phi) is 61.2. The zero-order valence-electron chi connectivity index (χ0n) is 50.1. The monoisotopic (exact) mass is 1050 g/mol. The van der Waals surface area contributed by atoms with Gasteiger partial charge < -0.3 is 14.2 Å². The van der Waals surface area contributed by atoms with E-state index in [1.165, 1.54) is 205 Å². The molecule has 436 valence electrons. The molecule has 0 aromatic carbocycles. The summed E-state index contributed by atoms with van der Waals surface area (Å²) in [5, 5.41) is 0. The Morgan fingerprint density at radius 2 is 0.480 bits per heavy atom. The Balaban J connectivity index is 4.26. The minimum Gasteiger partial charge on any atom is -0.462 e. The first-order valence-electron chi connectivity index (χ1n) is 32.8. The van der Waals surface area contributed by atoms with Crippen molar-refractivity contribution in [3.8, 4) is 0 Å². The van der Waals surface area contributed by atoms with Gasteiger partial charge in [-0.2, -0.15) is 0 Å². The van der Waals surface area contributed by atoms with E-state index in [0.29, 0.717) is 19.3 Å². The average molecular weight is 1050 g/mol. The van der Waals surface area contributed by atoms with Crippen molar-refractivity contribution in [1.29, 1.82) is 0 Å². The van der Waals surface area contributed by atoms with Gasteiger partial charge in [0.2, 0.25) is 0 Å². The second-order valence-corrected chi connectivity index (χ2v) is 22.0. The summed E-state index contributed by atoms with van der Waals surface area (Å²) in [6.45, 7) is 6.62. The highest BCUT2D eigenvalue weighted by Gasteiger charge is 2.19. The minimum atomic E-state index is -0.785. The van der Waals surface area contributed by atoms with Gasteiger partial charge in [-0.25, -0.2) is 0 Å². The van der Waals surface area contributed by atoms with E-state index in [4.69, 9.17) is 14.2 Å². The first-order valence-corrected chi connectivity index (χ1v) is 32.8. The summed E-state index contributed by atoms with van der Waals surface area (Å²) >= 11 is 0. The first-order chi connectivity index (χ1) is 37.0. The maximum absolute atomic E-state index is 12.9. The van der Waals surface area contributed by atoms with Crippen LogP contribution in [0.25, 0.3) is 0 Å². The number of hydrogen-bond donors (Lipinski definition) is 0. The van der Waals surface area contributed by atoms with Crippen molar-refractivity contribution in [3.05, 3.63) is 60.8 Å². The highest BCUT2D eigenvalue weighted by atomic mass is 16.6. The molecule has 0 saturated heterocycles. The lowest BCUT2D eigenvalue weighted by Crippen LogP contribution is -2.30. The quantitative estimate of drug-likeness (QED) is 0.0261. The Bertz CT molecular complexity index is 1340. The molecule has 0 radical (unpaired) electrons. The van der Waals surface area contributed by atoms with Crippen molar-refractivity contribution in [1.82, 2.24) is 0 Å². The smallest absolute Gasteiger partial charge is 0.306 e. The number of carbonyl (C=O) groups is 3. The summed E-state index contributed by atoms with van der Waals surface area (Å²) in [5.74, 6) is -0.886. The molecule has 0 heterocycles. The third-order valence-electron chi connectivity index (χ3n) is 14.5. The number of carbonyl (C=O) groups excluding carboxylic acids is 3. The van der Waals surface area contributed by atoms with Crippen molar-refractivity contribution in [2.75, 3.05) is 13.2 Å². The summed E-state index contributed by atoms with van der Waals surface area (Å²) in [5.41, 5.74) is 0. The molecule has 75 heavy (non-hydrogen) atoms. The molecule has 0 aromatic heterocycles. The maximum Gasteiger partial charge on any atom is 0.306 e. The van der Waals surface area contributed by atoms with E-state index < -0.39 is 6.10 Å². The fourth-order valence-corrected chi connectivity index (χ4v) is 9.50. The molecule has 0 bridgehead atoms. The highest BCUT2D eigenvalue weighted by molar-refractivity contribution is 5.71. The highest BCUT2D eigenvalue weighted by Crippen LogP contribution is 2.17. The van der Waals surface area contributed by atoms with Crippen molar-refractivity contribution < 1.29 is 28.6 Å². The zero-order valence-corrected chi connectivity index (χ0v) is 50.1. The maximum atomic E-state index is 12.9. The van der Waals surface area contributed by atoms with E-state index in [-0.39, 0.29) is 31.1 Å². The van der Waals surface area contributed by atoms with Gasteiger partial charge in [-0.05, 0) is 109 Å². The summed E-state index contributed by atoms with van der Waals surface area (Å²) in [6.07, 6.45) is 80.9.